The highest BCUT2D eigenvalue weighted by atomic mass is 19.3. The van der Waals surface area contributed by atoms with Gasteiger partial charge in [-0.25, -0.2) is 14.4 Å². The number of alkyl halides is 3. The number of ether oxygens (including phenoxy) is 2. The molecule has 4 aliphatic rings. The SMILES string of the molecule is Nc1ncc(-c2cc(N3C[C@@H]4C[C@H]3CO4)nc(N3C[C@H]4C[C@@H]3CC4F)n2)cc1OC(F)F. The van der Waals surface area contributed by atoms with Gasteiger partial charge in [0.1, 0.15) is 12.0 Å². The quantitative estimate of drug-likeness (QED) is 0.747. The molecule has 2 aromatic rings. The molecule has 5 heterocycles. The molecule has 11 heteroatoms. The molecule has 6 rings (SSSR count). The molecule has 170 valence electrons. The Kier molecular flexibility index (Phi) is 4.56. The number of hydrogen-bond donors (Lipinski definition) is 1. The molecule has 3 saturated heterocycles. The van der Waals surface area contributed by atoms with E-state index < -0.39 is 12.8 Å². The molecule has 1 unspecified atom stereocenters. The molecule has 2 N–H and O–H groups in total. The van der Waals surface area contributed by atoms with E-state index in [4.69, 9.17) is 20.4 Å². The maximum Gasteiger partial charge on any atom is 0.387 e. The van der Waals surface area contributed by atoms with E-state index in [9.17, 15) is 13.2 Å². The summed E-state index contributed by atoms with van der Waals surface area (Å²) in [5, 5.41) is 0. The first-order valence-corrected chi connectivity index (χ1v) is 10.8. The Bertz CT molecular complexity index is 1040. The molecule has 8 nitrogen and oxygen atoms in total. The summed E-state index contributed by atoms with van der Waals surface area (Å²) >= 11 is 0. The van der Waals surface area contributed by atoms with E-state index in [1.165, 1.54) is 12.3 Å². The summed E-state index contributed by atoms with van der Waals surface area (Å²) in [5.74, 6) is 0.940. The van der Waals surface area contributed by atoms with E-state index in [0.717, 1.165) is 25.2 Å². The highest BCUT2D eigenvalue weighted by Gasteiger charge is 2.46. The highest BCUT2D eigenvalue weighted by Crippen LogP contribution is 2.42. The molecular weight excluding hydrogens is 425 g/mol. The zero-order chi connectivity index (χ0) is 22.0. The summed E-state index contributed by atoms with van der Waals surface area (Å²) in [7, 11) is 0. The van der Waals surface area contributed by atoms with Crippen molar-refractivity contribution >= 4 is 17.6 Å². The number of nitrogens with two attached hydrogens (primary N) is 1. The maximum atomic E-state index is 14.1. The average molecular weight is 448 g/mol. The minimum absolute atomic E-state index is 0.00357. The molecule has 3 aliphatic heterocycles. The second-order valence-corrected chi connectivity index (χ2v) is 8.95. The fraction of sp³-hybridized carbons (Fsp3) is 0.571. The monoisotopic (exact) mass is 448 g/mol. The lowest BCUT2D eigenvalue weighted by molar-refractivity contribution is -0.0494. The minimum Gasteiger partial charge on any atom is -0.431 e. The van der Waals surface area contributed by atoms with E-state index in [1.807, 2.05) is 6.07 Å². The van der Waals surface area contributed by atoms with Gasteiger partial charge in [0.15, 0.2) is 11.6 Å². The first kappa shape index (κ1) is 19.8. The van der Waals surface area contributed by atoms with Gasteiger partial charge in [-0.05, 0) is 25.3 Å². The molecule has 2 aromatic heterocycles. The van der Waals surface area contributed by atoms with Gasteiger partial charge in [-0.15, -0.1) is 0 Å². The van der Waals surface area contributed by atoms with E-state index in [2.05, 4.69) is 19.5 Å². The predicted octanol–water partition coefficient (Wildman–Crippen LogP) is 2.64. The Hall–Kier alpha value is -2.82. The molecule has 0 amide bonds. The third kappa shape index (κ3) is 3.30. The summed E-state index contributed by atoms with van der Waals surface area (Å²) in [6.07, 6.45) is 3.11. The zero-order valence-corrected chi connectivity index (χ0v) is 17.2. The Morgan fingerprint density at radius 2 is 1.97 bits per heavy atom. The second kappa shape index (κ2) is 7.36. The molecule has 32 heavy (non-hydrogen) atoms. The van der Waals surface area contributed by atoms with Crippen molar-refractivity contribution in [2.24, 2.45) is 5.92 Å². The smallest absolute Gasteiger partial charge is 0.387 e. The molecule has 1 aliphatic carbocycles. The van der Waals surface area contributed by atoms with Crippen LogP contribution in [0, 0.1) is 5.92 Å². The molecule has 0 aromatic carbocycles. The number of fused-ring (bicyclic) bond motifs is 4. The van der Waals surface area contributed by atoms with Crippen LogP contribution in [0.5, 0.6) is 5.75 Å². The highest BCUT2D eigenvalue weighted by molar-refractivity contribution is 5.68. The lowest BCUT2D eigenvalue weighted by Crippen LogP contribution is -2.39. The number of morpholine rings is 1. The molecule has 4 fully saturated rings. The number of rotatable bonds is 5. The maximum absolute atomic E-state index is 14.1. The van der Waals surface area contributed by atoms with Crippen molar-refractivity contribution in [3.05, 3.63) is 18.3 Å². The van der Waals surface area contributed by atoms with Gasteiger partial charge in [-0.2, -0.15) is 13.8 Å². The van der Waals surface area contributed by atoms with Crippen LogP contribution in [-0.4, -0.2) is 65.6 Å². The van der Waals surface area contributed by atoms with Crippen LogP contribution in [-0.2, 0) is 4.74 Å². The van der Waals surface area contributed by atoms with Crippen molar-refractivity contribution in [1.82, 2.24) is 15.0 Å². The van der Waals surface area contributed by atoms with E-state index in [0.29, 0.717) is 36.8 Å². The van der Waals surface area contributed by atoms with Gasteiger partial charge < -0.3 is 25.0 Å². The van der Waals surface area contributed by atoms with Crippen LogP contribution in [0.2, 0.25) is 0 Å². The Labute approximate surface area is 182 Å². The van der Waals surface area contributed by atoms with Crippen LogP contribution in [0.25, 0.3) is 11.3 Å². The number of anilines is 3. The van der Waals surface area contributed by atoms with Gasteiger partial charge in [-0.1, -0.05) is 0 Å². The molecule has 1 saturated carbocycles. The van der Waals surface area contributed by atoms with Crippen LogP contribution in [0.1, 0.15) is 19.3 Å². The van der Waals surface area contributed by atoms with E-state index in [-0.39, 0.29) is 35.7 Å². The second-order valence-electron chi connectivity index (χ2n) is 8.95. The molecule has 0 spiro atoms. The van der Waals surface area contributed by atoms with Gasteiger partial charge in [-0.3, -0.25) is 0 Å². The van der Waals surface area contributed by atoms with Gasteiger partial charge in [0, 0.05) is 42.9 Å². The zero-order valence-electron chi connectivity index (χ0n) is 17.2. The van der Waals surface area contributed by atoms with Crippen molar-refractivity contribution in [1.29, 1.82) is 0 Å². The largest absolute Gasteiger partial charge is 0.431 e. The van der Waals surface area contributed by atoms with Crippen LogP contribution >= 0.6 is 0 Å². The Morgan fingerprint density at radius 3 is 2.62 bits per heavy atom. The van der Waals surface area contributed by atoms with Crippen LogP contribution in [0.3, 0.4) is 0 Å². The predicted molar refractivity (Wildman–Crippen MR) is 111 cm³/mol. The Balaban J connectivity index is 1.40. The van der Waals surface area contributed by atoms with Gasteiger partial charge in [0.2, 0.25) is 5.95 Å². The fourth-order valence-electron chi connectivity index (χ4n) is 5.45. The number of halogens is 3. The van der Waals surface area contributed by atoms with E-state index in [1.54, 1.807) is 0 Å². The van der Waals surface area contributed by atoms with Crippen LogP contribution < -0.4 is 20.3 Å². The third-order valence-corrected chi connectivity index (χ3v) is 7.00. The van der Waals surface area contributed by atoms with Gasteiger partial charge in [0.05, 0.1) is 24.4 Å². The number of nitrogen functional groups attached to an aromatic ring is 1. The summed E-state index contributed by atoms with van der Waals surface area (Å²) in [6, 6.07) is 3.55. The lowest BCUT2D eigenvalue weighted by atomic mass is 10.1. The summed E-state index contributed by atoms with van der Waals surface area (Å²) < 4.78 is 49.9. The molecule has 4 bridgehead atoms. The molecule has 5 atom stereocenters. The van der Waals surface area contributed by atoms with Crippen molar-refractivity contribution in [3.8, 4) is 17.0 Å². The first-order chi connectivity index (χ1) is 15.4. The van der Waals surface area contributed by atoms with Crippen molar-refractivity contribution < 1.29 is 22.6 Å². The van der Waals surface area contributed by atoms with Crippen molar-refractivity contribution in [2.45, 2.75) is 50.2 Å². The number of nitrogens with zero attached hydrogens (tertiary/aromatic N) is 5. The van der Waals surface area contributed by atoms with Crippen molar-refractivity contribution in [3.63, 3.8) is 0 Å². The standard InChI is InChI=1S/C21H23F3N6O2/c22-15-4-12-1-11(15)7-30(12)21-27-16(10-2-17(32-20(23)24)19(25)26-6-10)5-18(28-21)29-8-14-3-13(29)9-31-14/h2,5-6,11-15,20H,1,3-4,7-9H2,(H2,25,26)/t11-,12-,13+,14+,15?/m1/s1. The Morgan fingerprint density at radius 1 is 1.09 bits per heavy atom. The number of pyridine rings is 1. The number of hydrogen-bond acceptors (Lipinski definition) is 8. The van der Waals surface area contributed by atoms with Gasteiger partial charge in [0.25, 0.3) is 0 Å². The van der Waals surface area contributed by atoms with E-state index >= 15 is 0 Å². The molecule has 0 radical (unpaired) electrons. The normalized spacial score (nSPS) is 30.7. The average Bonchev–Trinajstić information content (AvgIpc) is 3.55. The summed E-state index contributed by atoms with van der Waals surface area (Å²) in [6.45, 7) is -1.06. The molecular formula is C21H23F3N6O2. The third-order valence-electron chi connectivity index (χ3n) is 7.00. The summed E-state index contributed by atoms with van der Waals surface area (Å²) in [5.41, 5.74) is 6.72. The van der Waals surface area contributed by atoms with Crippen molar-refractivity contribution in [2.75, 3.05) is 35.2 Å². The minimum atomic E-state index is -3.01. The topological polar surface area (TPSA) is 89.6 Å². The summed E-state index contributed by atoms with van der Waals surface area (Å²) in [4.78, 5) is 17.8. The van der Waals surface area contributed by atoms with Crippen LogP contribution in [0.4, 0.5) is 30.8 Å². The lowest BCUT2D eigenvalue weighted by Gasteiger charge is -2.32. The number of piperidine rings is 1. The fourth-order valence-corrected chi connectivity index (χ4v) is 5.45. The van der Waals surface area contributed by atoms with Crippen LogP contribution in [0.15, 0.2) is 18.3 Å². The number of aromatic nitrogens is 3. The van der Waals surface area contributed by atoms with Gasteiger partial charge >= 0.3 is 6.61 Å². The first-order valence-electron chi connectivity index (χ1n) is 10.8.